The van der Waals surface area contributed by atoms with Crippen molar-refractivity contribution < 1.29 is 27.5 Å². The van der Waals surface area contributed by atoms with E-state index in [1.165, 1.54) is 19.2 Å². The first-order valence-corrected chi connectivity index (χ1v) is 8.59. The summed E-state index contributed by atoms with van der Waals surface area (Å²) < 4.78 is 43.6. The largest absolute Gasteiger partial charge is 0.496 e. The Morgan fingerprint density at radius 3 is 2.52 bits per heavy atom. The van der Waals surface area contributed by atoms with Crippen LogP contribution in [0.15, 0.2) is 46.9 Å². The molecule has 27 heavy (non-hydrogen) atoms. The van der Waals surface area contributed by atoms with Gasteiger partial charge in [0.05, 0.1) is 18.2 Å². The van der Waals surface area contributed by atoms with Gasteiger partial charge in [-0.3, -0.25) is 9.59 Å². The fourth-order valence-corrected chi connectivity index (χ4v) is 2.73. The number of methoxy groups -OCH3 is 1. The monoisotopic (exact) mass is 444 g/mol. The lowest BCUT2D eigenvalue weighted by Crippen LogP contribution is -2.28. The summed E-state index contributed by atoms with van der Waals surface area (Å²) in [5, 5.41) is 4.95. The summed E-state index contributed by atoms with van der Waals surface area (Å²) in [6, 6.07) is 10.0. The van der Waals surface area contributed by atoms with Gasteiger partial charge in [-0.2, -0.15) is 13.2 Å². The van der Waals surface area contributed by atoms with Gasteiger partial charge < -0.3 is 15.4 Å². The fourth-order valence-electron chi connectivity index (χ4n) is 2.26. The molecule has 2 rings (SSSR count). The first-order chi connectivity index (χ1) is 12.7. The van der Waals surface area contributed by atoms with Crippen molar-refractivity contribution in [2.75, 3.05) is 19.0 Å². The maximum absolute atomic E-state index is 12.9. The summed E-state index contributed by atoms with van der Waals surface area (Å²) in [5.74, 6) is -0.539. The number of halogens is 4. The highest BCUT2D eigenvalue weighted by molar-refractivity contribution is 9.10. The number of nitrogens with one attached hydrogen (secondary N) is 2. The van der Waals surface area contributed by atoms with Crippen LogP contribution in [0.25, 0.3) is 0 Å². The molecule has 0 fully saturated rings. The molecule has 2 N–H and O–H groups in total. The highest BCUT2D eigenvalue weighted by atomic mass is 79.9. The molecule has 2 amide bonds. The number of amides is 2. The van der Waals surface area contributed by atoms with Crippen molar-refractivity contribution in [3.05, 3.63) is 58.1 Å². The van der Waals surface area contributed by atoms with Gasteiger partial charge in [0, 0.05) is 23.1 Å². The average Bonchev–Trinajstić information content (AvgIpc) is 2.62. The van der Waals surface area contributed by atoms with Crippen LogP contribution in [0.2, 0.25) is 0 Å². The second-order valence-corrected chi connectivity index (χ2v) is 6.30. The molecule has 2 aromatic rings. The van der Waals surface area contributed by atoms with E-state index in [-0.39, 0.29) is 23.1 Å². The number of anilines is 1. The fraction of sp³-hybridized carbons (Fsp3) is 0.222. The normalized spacial score (nSPS) is 11.0. The van der Waals surface area contributed by atoms with Gasteiger partial charge in [0.25, 0.3) is 5.91 Å². The number of carbonyl (C=O) groups is 2. The molecule has 0 atom stereocenters. The Kier molecular flexibility index (Phi) is 6.84. The van der Waals surface area contributed by atoms with Gasteiger partial charge in [0.15, 0.2) is 0 Å². The molecule has 0 aliphatic heterocycles. The van der Waals surface area contributed by atoms with Crippen LogP contribution < -0.4 is 15.4 Å². The standard InChI is InChI=1S/C18H16BrF3N2O3/c1-27-15-5-3-2-4-12(15)17(26)23-9-8-16(25)24-11-6-7-14(19)13(10-11)18(20,21)22/h2-7,10H,8-9H2,1H3,(H,23,26)(H,24,25). The number of ether oxygens (including phenoxy) is 1. The van der Waals surface area contributed by atoms with Gasteiger partial charge >= 0.3 is 6.18 Å². The molecule has 0 aliphatic carbocycles. The molecular weight excluding hydrogens is 429 g/mol. The molecule has 0 saturated carbocycles. The van der Waals surface area contributed by atoms with E-state index >= 15 is 0 Å². The molecular formula is C18H16BrF3N2O3. The number of hydrogen-bond acceptors (Lipinski definition) is 3. The van der Waals surface area contributed by atoms with Crippen LogP contribution in [0.5, 0.6) is 5.75 Å². The molecule has 0 heterocycles. The van der Waals surface area contributed by atoms with Gasteiger partial charge in [-0.05, 0) is 30.3 Å². The van der Waals surface area contributed by atoms with Crippen molar-refractivity contribution in [2.45, 2.75) is 12.6 Å². The summed E-state index contributed by atoms with van der Waals surface area (Å²) in [6.07, 6.45) is -4.64. The first kappa shape index (κ1) is 20.8. The molecule has 0 radical (unpaired) electrons. The summed E-state index contributed by atoms with van der Waals surface area (Å²) in [5.41, 5.74) is -0.542. The van der Waals surface area contributed by atoms with Crippen LogP contribution in [-0.4, -0.2) is 25.5 Å². The van der Waals surface area contributed by atoms with Crippen molar-refractivity contribution in [3.63, 3.8) is 0 Å². The molecule has 0 unspecified atom stereocenters. The summed E-state index contributed by atoms with van der Waals surface area (Å²) in [7, 11) is 1.44. The molecule has 0 saturated heterocycles. The third kappa shape index (κ3) is 5.72. The van der Waals surface area contributed by atoms with E-state index in [1.807, 2.05) is 0 Å². The van der Waals surface area contributed by atoms with E-state index in [0.29, 0.717) is 11.3 Å². The summed E-state index contributed by atoms with van der Waals surface area (Å²) in [4.78, 5) is 24.0. The van der Waals surface area contributed by atoms with E-state index in [9.17, 15) is 22.8 Å². The Morgan fingerprint density at radius 1 is 1.15 bits per heavy atom. The minimum atomic E-state index is -4.54. The Bertz CT molecular complexity index is 841. The van der Waals surface area contributed by atoms with E-state index in [4.69, 9.17) is 4.74 Å². The van der Waals surface area contributed by atoms with Crippen molar-refractivity contribution >= 4 is 33.4 Å². The summed E-state index contributed by atoms with van der Waals surface area (Å²) >= 11 is 2.83. The molecule has 5 nitrogen and oxygen atoms in total. The van der Waals surface area contributed by atoms with Crippen LogP contribution in [0.1, 0.15) is 22.3 Å². The van der Waals surface area contributed by atoms with Crippen LogP contribution in [-0.2, 0) is 11.0 Å². The summed E-state index contributed by atoms with van der Waals surface area (Å²) in [6.45, 7) is 0.0192. The lowest BCUT2D eigenvalue weighted by atomic mass is 10.2. The average molecular weight is 445 g/mol. The molecule has 0 spiro atoms. The highest BCUT2D eigenvalue weighted by Gasteiger charge is 2.33. The molecule has 0 aliphatic rings. The number of benzene rings is 2. The Morgan fingerprint density at radius 2 is 1.85 bits per heavy atom. The zero-order valence-corrected chi connectivity index (χ0v) is 15.8. The molecule has 0 aromatic heterocycles. The Balaban J connectivity index is 1.91. The van der Waals surface area contributed by atoms with E-state index in [2.05, 4.69) is 26.6 Å². The second kappa shape index (κ2) is 8.90. The van der Waals surface area contributed by atoms with Crippen molar-refractivity contribution in [2.24, 2.45) is 0 Å². The number of rotatable bonds is 6. The van der Waals surface area contributed by atoms with Crippen LogP contribution in [0.4, 0.5) is 18.9 Å². The smallest absolute Gasteiger partial charge is 0.417 e. The van der Waals surface area contributed by atoms with E-state index < -0.39 is 23.6 Å². The number of hydrogen-bond donors (Lipinski definition) is 2. The second-order valence-electron chi connectivity index (χ2n) is 5.45. The van der Waals surface area contributed by atoms with E-state index in [0.717, 1.165) is 6.07 Å². The SMILES string of the molecule is COc1ccccc1C(=O)NCCC(=O)Nc1ccc(Br)c(C(F)(F)F)c1. The zero-order valence-electron chi connectivity index (χ0n) is 14.2. The Hall–Kier alpha value is -2.55. The van der Waals surface area contributed by atoms with Crippen molar-refractivity contribution in [3.8, 4) is 5.75 Å². The van der Waals surface area contributed by atoms with Gasteiger partial charge in [-0.25, -0.2) is 0 Å². The highest BCUT2D eigenvalue weighted by Crippen LogP contribution is 2.36. The molecule has 0 bridgehead atoms. The zero-order chi connectivity index (χ0) is 20.0. The van der Waals surface area contributed by atoms with Gasteiger partial charge in [-0.15, -0.1) is 0 Å². The third-order valence-corrected chi connectivity index (χ3v) is 4.24. The molecule has 2 aromatic carbocycles. The van der Waals surface area contributed by atoms with Crippen LogP contribution in [0.3, 0.4) is 0 Å². The predicted molar refractivity (Wildman–Crippen MR) is 97.7 cm³/mol. The number of carbonyl (C=O) groups excluding carboxylic acids is 2. The van der Waals surface area contributed by atoms with E-state index in [1.54, 1.807) is 24.3 Å². The number of alkyl halides is 3. The van der Waals surface area contributed by atoms with Gasteiger partial charge in [-0.1, -0.05) is 28.1 Å². The maximum Gasteiger partial charge on any atom is 0.417 e. The topological polar surface area (TPSA) is 67.4 Å². The van der Waals surface area contributed by atoms with Gasteiger partial charge in [0.1, 0.15) is 5.75 Å². The molecule has 9 heteroatoms. The van der Waals surface area contributed by atoms with Crippen molar-refractivity contribution in [1.29, 1.82) is 0 Å². The lowest BCUT2D eigenvalue weighted by molar-refractivity contribution is -0.138. The molecule has 144 valence electrons. The Labute approximate surface area is 162 Å². The van der Waals surface area contributed by atoms with Crippen LogP contribution in [0, 0.1) is 0 Å². The van der Waals surface area contributed by atoms with Gasteiger partial charge in [0.2, 0.25) is 5.91 Å². The number of para-hydroxylation sites is 1. The predicted octanol–water partition coefficient (Wildman–Crippen LogP) is 4.24. The third-order valence-electron chi connectivity index (χ3n) is 3.54. The maximum atomic E-state index is 12.9. The van der Waals surface area contributed by atoms with Crippen molar-refractivity contribution in [1.82, 2.24) is 5.32 Å². The first-order valence-electron chi connectivity index (χ1n) is 7.80. The minimum Gasteiger partial charge on any atom is -0.496 e. The quantitative estimate of drug-likeness (QED) is 0.700. The van der Waals surface area contributed by atoms with Crippen LogP contribution >= 0.6 is 15.9 Å². The minimum absolute atomic E-state index is 0.0192. The lowest BCUT2D eigenvalue weighted by Gasteiger charge is -2.12.